The molecule has 66 valence electrons. The van der Waals surface area contributed by atoms with Gasteiger partial charge in [-0.2, -0.15) is 0 Å². The molecule has 1 saturated heterocycles. The highest BCUT2D eigenvalue weighted by Gasteiger charge is 2.29. The summed E-state index contributed by atoms with van der Waals surface area (Å²) in [6, 6.07) is 0. The van der Waals surface area contributed by atoms with E-state index in [-0.39, 0.29) is 5.25 Å². The van der Waals surface area contributed by atoms with Crippen LogP contribution < -0.4 is 0 Å². The average Bonchev–Trinajstić information content (AvgIpc) is 2.25. The molecule has 0 radical (unpaired) electrons. The molecule has 2 nitrogen and oxygen atoms in total. The van der Waals surface area contributed by atoms with E-state index in [1.165, 1.54) is 0 Å². The first-order valence-corrected chi connectivity index (χ1v) is 6.10. The van der Waals surface area contributed by atoms with Gasteiger partial charge in [-0.1, -0.05) is 19.8 Å². The lowest BCUT2D eigenvalue weighted by molar-refractivity contribution is 0.574. The van der Waals surface area contributed by atoms with Crippen LogP contribution in [0.25, 0.3) is 0 Å². The molecular formula is C8H16O2S. The minimum Gasteiger partial charge on any atom is -0.229 e. The molecule has 1 aliphatic heterocycles. The largest absolute Gasteiger partial charge is 0.229 e. The van der Waals surface area contributed by atoms with Gasteiger partial charge in [0.15, 0.2) is 9.84 Å². The molecule has 11 heavy (non-hydrogen) atoms. The van der Waals surface area contributed by atoms with Gasteiger partial charge in [0.05, 0.1) is 11.0 Å². The monoisotopic (exact) mass is 176 g/mol. The van der Waals surface area contributed by atoms with Crippen LogP contribution in [0.15, 0.2) is 0 Å². The molecule has 0 aromatic carbocycles. The van der Waals surface area contributed by atoms with Crippen LogP contribution >= 0.6 is 0 Å². The van der Waals surface area contributed by atoms with Crippen LogP contribution in [0.5, 0.6) is 0 Å². The molecule has 0 aliphatic carbocycles. The predicted molar refractivity (Wildman–Crippen MR) is 46.3 cm³/mol. The quantitative estimate of drug-likeness (QED) is 0.656. The summed E-state index contributed by atoms with van der Waals surface area (Å²) in [4.78, 5) is 0. The third-order valence-electron chi connectivity index (χ3n) is 2.34. The van der Waals surface area contributed by atoms with Crippen molar-refractivity contribution < 1.29 is 8.42 Å². The van der Waals surface area contributed by atoms with Crippen molar-refractivity contribution in [2.75, 3.05) is 5.75 Å². The molecule has 1 rings (SSSR count). The van der Waals surface area contributed by atoms with E-state index in [1.54, 1.807) is 0 Å². The van der Waals surface area contributed by atoms with Gasteiger partial charge in [0.2, 0.25) is 0 Å². The van der Waals surface area contributed by atoms with E-state index in [4.69, 9.17) is 0 Å². The fourth-order valence-electron chi connectivity index (χ4n) is 1.61. The Morgan fingerprint density at radius 1 is 1.45 bits per heavy atom. The second-order valence-electron chi connectivity index (χ2n) is 3.27. The molecule has 0 bridgehead atoms. The molecule has 3 heteroatoms. The van der Waals surface area contributed by atoms with Gasteiger partial charge in [-0.05, 0) is 19.3 Å². The van der Waals surface area contributed by atoms with Crippen molar-refractivity contribution in [1.29, 1.82) is 0 Å². The van der Waals surface area contributed by atoms with Crippen molar-refractivity contribution in [3.8, 4) is 0 Å². The molecule has 0 saturated carbocycles. The van der Waals surface area contributed by atoms with Gasteiger partial charge in [0.1, 0.15) is 0 Å². The van der Waals surface area contributed by atoms with Crippen LogP contribution in [0.1, 0.15) is 39.0 Å². The molecule has 0 aromatic rings. The second kappa shape index (κ2) is 3.57. The van der Waals surface area contributed by atoms with E-state index >= 15 is 0 Å². The van der Waals surface area contributed by atoms with E-state index in [1.807, 2.05) is 0 Å². The summed E-state index contributed by atoms with van der Waals surface area (Å²) in [7, 11) is -2.66. The van der Waals surface area contributed by atoms with Crippen molar-refractivity contribution in [3.63, 3.8) is 0 Å². The molecule has 1 aliphatic rings. The Morgan fingerprint density at radius 2 is 2.18 bits per heavy atom. The molecule has 0 N–H and O–H groups in total. The van der Waals surface area contributed by atoms with Gasteiger partial charge < -0.3 is 0 Å². The Bertz CT molecular complexity index is 206. The normalized spacial score (nSPS) is 29.0. The second-order valence-corrected chi connectivity index (χ2v) is 5.67. The van der Waals surface area contributed by atoms with Crippen molar-refractivity contribution in [3.05, 3.63) is 0 Å². The number of hydrogen-bond acceptors (Lipinski definition) is 2. The fraction of sp³-hybridized carbons (Fsp3) is 1.00. The predicted octanol–water partition coefficient (Wildman–Crippen LogP) is 1.75. The Balaban J connectivity index is 2.45. The van der Waals surface area contributed by atoms with Crippen LogP contribution in [0, 0.1) is 0 Å². The number of rotatable bonds is 3. The molecule has 1 unspecified atom stereocenters. The lowest BCUT2D eigenvalue weighted by Gasteiger charge is -2.06. The van der Waals surface area contributed by atoms with Gasteiger partial charge in [-0.15, -0.1) is 0 Å². The highest BCUT2D eigenvalue weighted by atomic mass is 32.2. The highest BCUT2D eigenvalue weighted by molar-refractivity contribution is 7.92. The van der Waals surface area contributed by atoms with Crippen LogP contribution in [0.4, 0.5) is 0 Å². The maximum Gasteiger partial charge on any atom is 0.153 e. The Morgan fingerprint density at radius 3 is 2.64 bits per heavy atom. The van der Waals surface area contributed by atoms with E-state index < -0.39 is 9.84 Å². The summed E-state index contributed by atoms with van der Waals surface area (Å²) in [5.41, 5.74) is 0. The van der Waals surface area contributed by atoms with Crippen molar-refractivity contribution in [1.82, 2.24) is 0 Å². The first-order valence-electron chi connectivity index (χ1n) is 4.38. The van der Waals surface area contributed by atoms with Crippen LogP contribution in [0.2, 0.25) is 0 Å². The highest BCUT2D eigenvalue weighted by Crippen LogP contribution is 2.24. The third-order valence-corrected chi connectivity index (χ3v) is 4.69. The van der Waals surface area contributed by atoms with Crippen LogP contribution in [0.3, 0.4) is 0 Å². The maximum absolute atomic E-state index is 11.3. The molecule has 1 heterocycles. The summed E-state index contributed by atoms with van der Waals surface area (Å²) < 4.78 is 22.5. The maximum atomic E-state index is 11.3. The summed E-state index contributed by atoms with van der Waals surface area (Å²) >= 11 is 0. The smallest absolute Gasteiger partial charge is 0.153 e. The first kappa shape index (κ1) is 9.04. The zero-order valence-corrected chi connectivity index (χ0v) is 7.86. The summed E-state index contributed by atoms with van der Waals surface area (Å²) in [5.74, 6) is 0.432. The molecule has 1 atom stereocenters. The van der Waals surface area contributed by atoms with Crippen molar-refractivity contribution in [2.45, 2.75) is 44.3 Å². The Kier molecular flexibility index (Phi) is 2.93. The SMILES string of the molecule is CCCCC1CCCS1(=O)=O. The summed E-state index contributed by atoms with van der Waals surface area (Å²) in [5, 5.41) is 0.00227. The molecule has 0 aromatic heterocycles. The minimum atomic E-state index is -2.66. The Labute approximate surface area is 68.9 Å². The number of hydrogen-bond donors (Lipinski definition) is 0. The lowest BCUT2D eigenvalue weighted by Crippen LogP contribution is -2.15. The molecular weight excluding hydrogens is 160 g/mol. The standard InChI is InChI=1S/C8H16O2S/c1-2-3-5-8-6-4-7-11(8,9)10/h8H,2-7H2,1H3. The van der Waals surface area contributed by atoms with E-state index in [0.29, 0.717) is 5.75 Å². The zero-order valence-electron chi connectivity index (χ0n) is 7.04. The van der Waals surface area contributed by atoms with Crippen LogP contribution in [-0.4, -0.2) is 19.4 Å². The zero-order chi connectivity index (χ0) is 8.32. The third kappa shape index (κ3) is 2.19. The fourth-order valence-corrected chi connectivity index (χ4v) is 3.57. The molecule has 0 spiro atoms. The topological polar surface area (TPSA) is 34.1 Å². The Hall–Kier alpha value is -0.0500. The minimum absolute atomic E-state index is 0.00227. The number of sulfone groups is 1. The van der Waals surface area contributed by atoms with Gasteiger partial charge >= 0.3 is 0 Å². The molecule has 1 fully saturated rings. The van der Waals surface area contributed by atoms with Gasteiger partial charge in [0.25, 0.3) is 0 Å². The van der Waals surface area contributed by atoms with Crippen molar-refractivity contribution >= 4 is 9.84 Å². The van der Waals surface area contributed by atoms with E-state index in [9.17, 15) is 8.42 Å². The van der Waals surface area contributed by atoms with E-state index in [0.717, 1.165) is 32.1 Å². The van der Waals surface area contributed by atoms with Gasteiger partial charge in [-0.25, -0.2) is 8.42 Å². The lowest BCUT2D eigenvalue weighted by atomic mass is 10.1. The average molecular weight is 176 g/mol. The van der Waals surface area contributed by atoms with Gasteiger partial charge in [-0.3, -0.25) is 0 Å². The van der Waals surface area contributed by atoms with Gasteiger partial charge in [0, 0.05) is 0 Å². The first-order chi connectivity index (χ1) is 5.17. The van der Waals surface area contributed by atoms with E-state index in [2.05, 4.69) is 6.92 Å². The van der Waals surface area contributed by atoms with Crippen molar-refractivity contribution in [2.24, 2.45) is 0 Å². The number of unbranched alkanes of at least 4 members (excludes halogenated alkanes) is 1. The summed E-state index contributed by atoms with van der Waals surface area (Å²) in [6.07, 6.45) is 4.84. The summed E-state index contributed by atoms with van der Waals surface area (Å²) in [6.45, 7) is 2.10. The van der Waals surface area contributed by atoms with Crippen LogP contribution in [-0.2, 0) is 9.84 Å². The molecule has 0 amide bonds.